The molecule has 0 saturated carbocycles. The Morgan fingerprint density at radius 1 is 1.50 bits per heavy atom. The van der Waals surface area contributed by atoms with Gasteiger partial charge in [0.25, 0.3) is 0 Å². The van der Waals surface area contributed by atoms with Crippen LogP contribution in [0, 0.1) is 11.7 Å². The van der Waals surface area contributed by atoms with Gasteiger partial charge in [0.1, 0.15) is 5.82 Å². The van der Waals surface area contributed by atoms with E-state index in [0.717, 1.165) is 24.9 Å². The van der Waals surface area contributed by atoms with Crippen molar-refractivity contribution >= 4 is 0 Å². The molecule has 0 radical (unpaired) electrons. The smallest absolute Gasteiger partial charge is 0.126 e. The summed E-state index contributed by atoms with van der Waals surface area (Å²) in [5.74, 6) is 0.286. The maximum atomic E-state index is 13.4. The topological polar surface area (TPSA) is 32.3 Å². The minimum atomic E-state index is -0.185. The molecule has 0 aromatic heterocycles. The van der Waals surface area contributed by atoms with Crippen LogP contribution in [0.25, 0.3) is 0 Å². The highest BCUT2D eigenvalue weighted by atomic mass is 19.1. The van der Waals surface area contributed by atoms with Gasteiger partial charge in [-0.15, -0.1) is 0 Å². The second-order valence-electron chi connectivity index (χ2n) is 4.97. The van der Waals surface area contributed by atoms with Gasteiger partial charge >= 0.3 is 0 Å². The quantitative estimate of drug-likeness (QED) is 0.818. The molecule has 1 heterocycles. The molecule has 0 spiro atoms. The van der Waals surface area contributed by atoms with Crippen LogP contribution < -0.4 is 5.32 Å². The summed E-state index contributed by atoms with van der Waals surface area (Å²) in [4.78, 5) is 0. The standard InChI is InChI=1S/C13H18FNO/c1-13(9-16)7-10(8-15-13)6-11-4-2-3-5-12(11)14/h2-5,10,15-16H,6-9H2,1H3. The lowest BCUT2D eigenvalue weighted by atomic mass is 9.91. The number of hydrogen-bond donors (Lipinski definition) is 2. The largest absolute Gasteiger partial charge is 0.394 e. The van der Waals surface area contributed by atoms with Crippen molar-refractivity contribution in [1.82, 2.24) is 5.32 Å². The third-order valence-corrected chi connectivity index (χ3v) is 3.37. The van der Waals surface area contributed by atoms with E-state index in [0.29, 0.717) is 5.92 Å². The molecule has 2 rings (SSSR count). The summed E-state index contributed by atoms with van der Waals surface area (Å²) in [7, 11) is 0. The van der Waals surface area contributed by atoms with Crippen molar-refractivity contribution in [1.29, 1.82) is 0 Å². The third kappa shape index (κ3) is 2.42. The first-order valence-electron chi connectivity index (χ1n) is 5.72. The molecule has 2 N–H and O–H groups in total. The lowest BCUT2D eigenvalue weighted by Crippen LogP contribution is -2.39. The van der Waals surface area contributed by atoms with Crippen LogP contribution in [0.1, 0.15) is 18.9 Å². The van der Waals surface area contributed by atoms with Crippen LogP contribution in [-0.4, -0.2) is 23.8 Å². The Labute approximate surface area is 95.5 Å². The Morgan fingerprint density at radius 2 is 2.25 bits per heavy atom. The highest BCUT2D eigenvalue weighted by Gasteiger charge is 2.33. The van der Waals surface area contributed by atoms with E-state index < -0.39 is 0 Å². The minimum Gasteiger partial charge on any atom is -0.394 e. The highest BCUT2D eigenvalue weighted by Crippen LogP contribution is 2.26. The molecule has 1 aromatic carbocycles. The lowest BCUT2D eigenvalue weighted by Gasteiger charge is -2.21. The van der Waals surface area contributed by atoms with Crippen LogP contribution in [0.5, 0.6) is 0 Å². The molecule has 2 atom stereocenters. The summed E-state index contributed by atoms with van der Waals surface area (Å²) in [6.07, 6.45) is 1.65. The average molecular weight is 223 g/mol. The summed E-state index contributed by atoms with van der Waals surface area (Å²) in [6, 6.07) is 6.92. The van der Waals surface area contributed by atoms with Crippen molar-refractivity contribution in [3.63, 3.8) is 0 Å². The molecular weight excluding hydrogens is 205 g/mol. The fraction of sp³-hybridized carbons (Fsp3) is 0.538. The van der Waals surface area contributed by atoms with E-state index in [9.17, 15) is 9.50 Å². The molecule has 88 valence electrons. The van der Waals surface area contributed by atoms with Gasteiger partial charge in [0.05, 0.1) is 6.61 Å². The highest BCUT2D eigenvalue weighted by molar-refractivity contribution is 5.18. The van der Waals surface area contributed by atoms with E-state index in [-0.39, 0.29) is 18.0 Å². The van der Waals surface area contributed by atoms with Crippen molar-refractivity contribution in [2.45, 2.75) is 25.3 Å². The van der Waals surface area contributed by atoms with E-state index in [1.165, 1.54) is 6.07 Å². The molecule has 0 aliphatic carbocycles. The van der Waals surface area contributed by atoms with E-state index in [4.69, 9.17) is 0 Å². The van der Waals surface area contributed by atoms with E-state index in [1.807, 2.05) is 19.1 Å². The molecule has 1 aromatic rings. The van der Waals surface area contributed by atoms with Gasteiger partial charge in [0.2, 0.25) is 0 Å². The second kappa shape index (κ2) is 4.52. The summed E-state index contributed by atoms with van der Waals surface area (Å²) < 4.78 is 13.4. The van der Waals surface area contributed by atoms with Gasteiger partial charge in [-0.05, 0) is 43.9 Å². The summed E-state index contributed by atoms with van der Waals surface area (Å²) in [5.41, 5.74) is 0.590. The number of aliphatic hydroxyl groups is 1. The Morgan fingerprint density at radius 3 is 2.88 bits per heavy atom. The molecule has 0 amide bonds. The molecular formula is C13H18FNO. The number of nitrogens with one attached hydrogen (secondary N) is 1. The zero-order chi connectivity index (χ0) is 11.6. The Hall–Kier alpha value is -0.930. The van der Waals surface area contributed by atoms with Crippen LogP contribution in [-0.2, 0) is 6.42 Å². The normalized spacial score (nSPS) is 29.6. The van der Waals surface area contributed by atoms with Crippen LogP contribution >= 0.6 is 0 Å². The maximum absolute atomic E-state index is 13.4. The Balaban J connectivity index is 2.00. The maximum Gasteiger partial charge on any atom is 0.126 e. The molecule has 0 bridgehead atoms. The molecule has 1 aliphatic heterocycles. The van der Waals surface area contributed by atoms with E-state index in [1.54, 1.807) is 6.07 Å². The third-order valence-electron chi connectivity index (χ3n) is 3.37. The van der Waals surface area contributed by atoms with Crippen LogP contribution in [0.3, 0.4) is 0 Å². The number of aliphatic hydroxyl groups excluding tert-OH is 1. The van der Waals surface area contributed by atoms with Gasteiger partial charge in [-0.1, -0.05) is 18.2 Å². The van der Waals surface area contributed by atoms with Gasteiger partial charge in [-0.3, -0.25) is 0 Å². The zero-order valence-corrected chi connectivity index (χ0v) is 9.54. The van der Waals surface area contributed by atoms with Gasteiger partial charge < -0.3 is 10.4 Å². The van der Waals surface area contributed by atoms with Crippen LogP contribution in [0.15, 0.2) is 24.3 Å². The first-order chi connectivity index (χ1) is 7.63. The van der Waals surface area contributed by atoms with E-state index >= 15 is 0 Å². The predicted molar refractivity (Wildman–Crippen MR) is 61.7 cm³/mol. The van der Waals surface area contributed by atoms with Crippen LogP contribution in [0.2, 0.25) is 0 Å². The minimum absolute atomic E-state index is 0.125. The Bertz CT molecular complexity index is 369. The molecule has 1 fully saturated rings. The monoisotopic (exact) mass is 223 g/mol. The predicted octanol–water partition coefficient (Wildman–Crippen LogP) is 1.73. The van der Waals surface area contributed by atoms with Gasteiger partial charge in [-0.25, -0.2) is 4.39 Å². The summed E-state index contributed by atoms with van der Waals surface area (Å²) in [5, 5.41) is 12.5. The van der Waals surface area contributed by atoms with Crippen LogP contribution in [0.4, 0.5) is 4.39 Å². The molecule has 1 aliphatic rings. The fourth-order valence-corrected chi connectivity index (χ4v) is 2.41. The van der Waals surface area contributed by atoms with Crippen molar-refractivity contribution in [3.8, 4) is 0 Å². The molecule has 2 unspecified atom stereocenters. The van der Waals surface area contributed by atoms with Gasteiger partial charge in [0, 0.05) is 5.54 Å². The van der Waals surface area contributed by atoms with Crippen molar-refractivity contribution < 1.29 is 9.50 Å². The van der Waals surface area contributed by atoms with Crippen molar-refractivity contribution in [2.24, 2.45) is 5.92 Å². The first kappa shape index (κ1) is 11.6. The molecule has 2 nitrogen and oxygen atoms in total. The number of rotatable bonds is 3. The Kier molecular flexibility index (Phi) is 3.26. The molecule has 1 saturated heterocycles. The number of halogens is 1. The summed E-state index contributed by atoms with van der Waals surface area (Å²) in [6.45, 7) is 3.00. The molecule has 3 heteroatoms. The fourth-order valence-electron chi connectivity index (χ4n) is 2.41. The van der Waals surface area contributed by atoms with Crippen molar-refractivity contribution in [3.05, 3.63) is 35.6 Å². The lowest BCUT2D eigenvalue weighted by molar-refractivity contribution is 0.189. The van der Waals surface area contributed by atoms with Crippen molar-refractivity contribution in [2.75, 3.05) is 13.2 Å². The zero-order valence-electron chi connectivity index (χ0n) is 9.54. The SMILES string of the molecule is CC1(CO)CC(Cc2ccccc2F)CN1. The second-order valence-corrected chi connectivity index (χ2v) is 4.97. The average Bonchev–Trinajstić information content (AvgIpc) is 2.65. The van der Waals surface area contributed by atoms with E-state index in [2.05, 4.69) is 5.32 Å². The first-order valence-corrected chi connectivity index (χ1v) is 5.72. The number of benzene rings is 1. The summed E-state index contributed by atoms with van der Waals surface area (Å²) >= 11 is 0. The molecule has 16 heavy (non-hydrogen) atoms. The van der Waals surface area contributed by atoms with Gasteiger partial charge in [0.15, 0.2) is 0 Å². The number of hydrogen-bond acceptors (Lipinski definition) is 2. The van der Waals surface area contributed by atoms with Gasteiger partial charge in [-0.2, -0.15) is 0 Å².